The van der Waals surface area contributed by atoms with Gasteiger partial charge in [0.15, 0.2) is 0 Å². The lowest BCUT2D eigenvalue weighted by atomic mass is 10.2. The van der Waals surface area contributed by atoms with Crippen molar-refractivity contribution in [1.29, 1.82) is 0 Å². The number of hydrogen-bond donors (Lipinski definition) is 0. The van der Waals surface area contributed by atoms with Gasteiger partial charge < -0.3 is 0 Å². The zero-order valence-electron chi connectivity index (χ0n) is 27.5. The Morgan fingerprint density at radius 3 is 1.00 bits per heavy atom. The molecule has 0 saturated carbocycles. The van der Waals surface area contributed by atoms with Crippen LogP contribution >= 0.6 is 0 Å². The quantitative estimate of drug-likeness (QED) is 0.201. The average Bonchev–Trinajstić information content (AvgIpc) is 2.99. The molecule has 0 atom stereocenters. The number of rotatable bonds is 4. The van der Waals surface area contributed by atoms with Crippen molar-refractivity contribution in [2.24, 2.45) is 0 Å². The van der Waals surface area contributed by atoms with Crippen LogP contribution in [0.3, 0.4) is 0 Å². The molecule has 4 aromatic heterocycles. The second-order valence-corrected chi connectivity index (χ2v) is 9.53. The van der Waals surface area contributed by atoms with E-state index in [2.05, 4.69) is 49.8 Å². The van der Waals surface area contributed by atoms with Crippen LogP contribution in [0, 0.1) is 41.5 Å². The lowest BCUT2D eigenvalue weighted by Gasteiger charge is -2.07. The second kappa shape index (κ2) is 17.4. The molecular weight excluding hydrogens is 560 g/mol. The van der Waals surface area contributed by atoms with Crippen LogP contribution in [0.15, 0.2) is 48.5 Å². The van der Waals surface area contributed by atoms with E-state index in [1.807, 2.05) is 118 Å². The van der Waals surface area contributed by atoms with Gasteiger partial charge in [-0.2, -0.15) is 0 Å². The zero-order valence-corrected chi connectivity index (χ0v) is 27.5. The van der Waals surface area contributed by atoms with Crippen molar-refractivity contribution in [2.45, 2.75) is 89.5 Å². The molecule has 0 spiro atoms. The zero-order chi connectivity index (χ0) is 32.2. The number of nitrogens with zero attached hydrogens (tertiary/aromatic N) is 10. The summed E-state index contributed by atoms with van der Waals surface area (Å²) in [6, 6.07) is 16.1. The lowest BCUT2D eigenvalue weighted by Crippen LogP contribution is -2.08. The highest BCUT2D eigenvalue weighted by Crippen LogP contribution is 2.18. The summed E-state index contributed by atoms with van der Waals surface area (Å²) in [5.41, 5.74) is 3.91. The van der Waals surface area contributed by atoms with E-state index in [9.17, 15) is 0 Å². The van der Waals surface area contributed by atoms with Crippen LogP contribution in [0.1, 0.15) is 93.1 Å². The van der Waals surface area contributed by atoms with Gasteiger partial charge in [-0.3, -0.25) is 0 Å². The Morgan fingerprint density at radius 1 is 0.378 bits per heavy atom. The van der Waals surface area contributed by atoms with Crippen molar-refractivity contribution < 1.29 is 0 Å². The minimum Gasteiger partial charge on any atom is -0.237 e. The van der Waals surface area contributed by atoms with Crippen LogP contribution < -0.4 is 0 Å². The third-order valence-electron chi connectivity index (χ3n) is 6.12. The molecule has 0 radical (unpaired) electrons. The summed E-state index contributed by atoms with van der Waals surface area (Å²) < 4.78 is 0. The predicted molar refractivity (Wildman–Crippen MR) is 182 cm³/mol. The van der Waals surface area contributed by atoms with Gasteiger partial charge in [0.05, 0.1) is 23.9 Å². The molecular formula is C35H46N10. The van der Waals surface area contributed by atoms with E-state index in [1.54, 1.807) is 0 Å². The summed E-state index contributed by atoms with van der Waals surface area (Å²) in [6.45, 7) is 19.4. The van der Waals surface area contributed by atoms with E-state index in [0.29, 0.717) is 24.5 Å². The third kappa shape index (κ3) is 10.1. The van der Waals surface area contributed by atoms with Crippen molar-refractivity contribution in [1.82, 2.24) is 49.8 Å². The SMILES string of the molecule is C.CC.CC.Cc1nc(C)nc(Cc2nc(C)nc(C)n2)n1.Cc1nc(Cc2nc(C)c3ccccc3n2)nc2ccccc12. The van der Waals surface area contributed by atoms with Crippen LogP contribution in [0.5, 0.6) is 0 Å². The average molecular weight is 607 g/mol. The summed E-state index contributed by atoms with van der Waals surface area (Å²) in [5, 5.41) is 2.18. The fourth-order valence-corrected chi connectivity index (χ4v) is 4.55. The highest BCUT2D eigenvalue weighted by molar-refractivity contribution is 5.81. The van der Waals surface area contributed by atoms with E-state index in [1.165, 1.54) is 0 Å². The van der Waals surface area contributed by atoms with Gasteiger partial charge in [0.1, 0.15) is 46.6 Å². The summed E-state index contributed by atoms with van der Waals surface area (Å²) >= 11 is 0. The van der Waals surface area contributed by atoms with Gasteiger partial charge in [0.25, 0.3) is 0 Å². The summed E-state index contributed by atoms with van der Waals surface area (Å²) in [6.07, 6.45) is 1.05. The molecule has 10 heteroatoms. The maximum atomic E-state index is 4.65. The summed E-state index contributed by atoms with van der Waals surface area (Å²) in [5.74, 6) is 5.78. The number of aromatic nitrogens is 10. The van der Waals surface area contributed by atoms with Crippen LogP contribution in [0.4, 0.5) is 0 Å². The molecule has 45 heavy (non-hydrogen) atoms. The Morgan fingerprint density at radius 2 is 0.667 bits per heavy atom. The van der Waals surface area contributed by atoms with Crippen molar-refractivity contribution in [3.63, 3.8) is 0 Å². The van der Waals surface area contributed by atoms with Gasteiger partial charge in [0.2, 0.25) is 0 Å². The Kier molecular flexibility index (Phi) is 14.1. The van der Waals surface area contributed by atoms with E-state index in [0.717, 1.165) is 68.1 Å². The molecule has 236 valence electrons. The Hall–Kier alpha value is -4.86. The number of fused-ring (bicyclic) bond motifs is 2. The monoisotopic (exact) mass is 606 g/mol. The molecule has 0 saturated heterocycles. The molecule has 6 aromatic rings. The standard InChI is InChI=1S/C19H16N4.C11H14N6.2C2H6.CH4/c1-12-14-7-3-5-9-16(14)22-18(20-12)11-19-21-13(2)15-8-4-6-10-17(15)23-19;1-6-12-7(2)15-10(14-6)5-11-16-8(3)13-9(4)17-11;2*1-2;/h3-10H,11H2,1-2H3;5H2,1-4H3;2*1-2H3;1H4. The summed E-state index contributed by atoms with van der Waals surface area (Å²) in [7, 11) is 0. The predicted octanol–water partition coefficient (Wildman–Crippen LogP) is 7.35. The van der Waals surface area contributed by atoms with E-state index in [4.69, 9.17) is 0 Å². The number of aryl methyl sites for hydroxylation is 6. The van der Waals surface area contributed by atoms with Gasteiger partial charge in [0, 0.05) is 22.2 Å². The molecule has 0 aliphatic rings. The van der Waals surface area contributed by atoms with E-state index >= 15 is 0 Å². The molecule has 2 aromatic carbocycles. The van der Waals surface area contributed by atoms with Crippen LogP contribution in [-0.2, 0) is 12.8 Å². The van der Waals surface area contributed by atoms with Gasteiger partial charge in [-0.1, -0.05) is 71.5 Å². The number of benzene rings is 2. The van der Waals surface area contributed by atoms with Crippen LogP contribution in [0.25, 0.3) is 21.8 Å². The first kappa shape index (κ1) is 36.3. The molecule has 0 aliphatic heterocycles. The van der Waals surface area contributed by atoms with E-state index < -0.39 is 0 Å². The topological polar surface area (TPSA) is 129 Å². The maximum absolute atomic E-state index is 4.65. The van der Waals surface area contributed by atoms with Crippen molar-refractivity contribution in [3.8, 4) is 0 Å². The first-order chi connectivity index (χ1) is 21.2. The minimum atomic E-state index is 0. The largest absolute Gasteiger partial charge is 0.237 e. The molecule has 0 amide bonds. The van der Waals surface area contributed by atoms with Crippen molar-refractivity contribution in [3.05, 3.63) is 107 Å². The second-order valence-electron chi connectivity index (χ2n) is 9.53. The normalized spacial score (nSPS) is 10.0. The maximum Gasteiger partial charge on any atom is 0.140 e. The van der Waals surface area contributed by atoms with Crippen LogP contribution in [-0.4, -0.2) is 49.8 Å². The fraction of sp³-hybridized carbons (Fsp3) is 0.371. The first-order valence-corrected chi connectivity index (χ1v) is 15.0. The molecule has 10 nitrogen and oxygen atoms in total. The highest BCUT2D eigenvalue weighted by atomic mass is 15.1. The fourth-order valence-electron chi connectivity index (χ4n) is 4.55. The van der Waals surface area contributed by atoms with Gasteiger partial charge in [-0.05, 0) is 53.7 Å². The van der Waals surface area contributed by atoms with E-state index in [-0.39, 0.29) is 7.43 Å². The lowest BCUT2D eigenvalue weighted by molar-refractivity contribution is 0.786. The Bertz CT molecular complexity index is 1660. The first-order valence-electron chi connectivity index (χ1n) is 15.0. The Labute approximate surface area is 267 Å². The number of hydrogen-bond acceptors (Lipinski definition) is 10. The molecule has 0 aliphatic carbocycles. The van der Waals surface area contributed by atoms with Crippen molar-refractivity contribution in [2.75, 3.05) is 0 Å². The van der Waals surface area contributed by atoms with Crippen LogP contribution in [0.2, 0.25) is 0 Å². The number of para-hydroxylation sites is 2. The van der Waals surface area contributed by atoms with Gasteiger partial charge >= 0.3 is 0 Å². The molecule has 0 N–H and O–H groups in total. The molecule has 0 fully saturated rings. The smallest absolute Gasteiger partial charge is 0.140 e. The summed E-state index contributed by atoms with van der Waals surface area (Å²) in [4.78, 5) is 43.9. The molecule has 0 unspecified atom stereocenters. The molecule has 6 rings (SSSR count). The van der Waals surface area contributed by atoms with Gasteiger partial charge in [-0.25, -0.2) is 49.8 Å². The molecule has 4 heterocycles. The third-order valence-corrected chi connectivity index (χ3v) is 6.12. The minimum absolute atomic E-state index is 0. The molecule has 0 bridgehead atoms. The van der Waals surface area contributed by atoms with Gasteiger partial charge in [-0.15, -0.1) is 0 Å². The highest BCUT2D eigenvalue weighted by Gasteiger charge is 2.10. The Balaban J connectivity index is 0.000000287. The van der Waals surface area contributed by atoms with Crippen molar-refractivity contribution >= 4 is 21.8 Å².